The number of hydrogen-bond acceptors (Lipinski definition) is 3. The van der Waals surface area contributed by atoms with Crippen molar-refractivity contribution in [3.05, 3.63) is 0 Å². The second-order valence-corrected chi connectivity index (χ2v) is 7.31. The quantitative estimate of drug-likeness (QED) is 0.218. The summed E-state index contributed by atoms with van der Waals surface area (Å²) in [5, 5.41) is 3.51. The van der Waals surface area contributed by atoms with Crippen LogP contribution >= 0.6 is 24.0 Å². The van der Waals surface area contributed by atoms with Crippen molar-refractivity contribution < 1.29 is 4.74 Å². The van der Waals surface area contributed by atoms with Crippen LogP contribution < -0.4 is 5.32 Å². The fraction of sp³-hybridized carbons (Fsp3) is 0.947. The van der Waals surface area contributed by atoms with Crippen LogP contribution in [0.5, 0.6) is 0 Å². The van der Waals surface area contributed by atoms with Crippen molar-refractivity contribution in [1.82, 2.24) is 15.1 Å². The maximum atomic E-state index is 5.44. The van der Waals surface area contributed by atoms with E-state index in [1.807, 2.05) is 7.05 Å². The zero-order valence-corrected chi connectivity index (χ0v) is 19.3. The Bertz CT molecular complexity index is 333. The normalized spacial score (nSPS) is 16.0. The minimum absolute atomic E-state index is 0. The van der Waals surface area contributed by atoms with Gasteiger partial charge in [0.1, 0.15) is 0 Å². The molecule has 0 spiro atoms. The second kappa shape index (κ2) is 16.1. The lowest BCUT2D eigenvalue weighted by Crippen LogP contribution is -2.40. The van der Waals surface area contributed by atoms with E-state index in [1.54, 1.807) is 0 Å². The van der Waals surface area contributed by atoms with Crippen molar-refractivity contribution in [2.75, 3.05) is 61.0 Å². The molecule has 5 nitrogen and oxygen atoms in total. The monoisotopic (exact) mass is 468 g/mol. The molecule has 0 amide bonds. The number of guanidine groups is 1. The Kier molecular flexibility index (Phi) is 16.1. The smallest absolute Gasteiger partial charge is 0.193 e. The summed E-state index contributed by atoms with van der Waals surface area (Å²) in [7, 11) is 8.33. The van der Waals surface area contributed by atoms with Crippen LogP contribution in [0.25, 0.3) is 0 Å². The van der Waals surface area contributed by atoms with Gasteiger partial charge in [-0.25, -0.2) is 0 Å². The van der Waals surface area contributed by atoms with E-state index < -0.39 is 0 Å². The summed E-state index contributed by atoms with van der Waals surface area (Å²) in [6, 6.07) is 0. The molecule has 25 heavy (non-hydrogen) atoms. The first kappa shape index (κ1) is 24.9. The zero-order valence-electron chi connectivity index (χ0n) is 16.9. The number of unbranched alkanes of at least 4 members (excludes halogenated alkanes) is 4. The highest BCUT2D eigenvalue weighted by Gasteiger charge is 2.15. The highest BCUT2D eigenvalue weighted by Crippen LogP contribution is 2.18. The Morgan fingerprint density at radius 2 is 1.64 bits per heavy atom. The molecule has 0 atom stereocenters. The molecule has 0 unspecified atom stereocenters. The number of hydrogen-bond donors (Lipinski definition) is 1. The van der Waals surface area contributed by atoms with Crippen LogP contribution in [0.4, 0.5) is 0 Å². The van der Waals surface area contributed by atoms with Gasteiger partial charge in [-0.15, -0.1) is 24.0 Å². The number of halogens is 1. The van der Waals surface area contributed by atoms with Gasteiger partial charge in [-0.1, -0.05) is 19.3 Å². The van der Waals surface area contributed by atoms with Crippen molar-refractivity contribution in [3.8, 4) is 0 Å². The summed E-state index contributed by atoms with van der Waals surface area (Å²) in [5.74, 6) is 1.86. The third kappa shape index (κ3) is 12.8. The molecule has 1 N–H and O–H groups in total. The fourth-order valence-electron chi connectivity index (χ4n) is 3.19. The Balaban J connectivity index is 0.00000576. The van der Waals surface area contributed by atoms with Crippen LogP contribution in [0.3, 0.4) is 0 Å². The lowest BCUT2D eigenvalue weighted by Gasteiger charge is -2.26. The Morgan fingerprint density at radius 1 is 1.00 bits per heavy atom. The predicted octanol–water partition coefficient (Wildman–Crippen LogP) is 3.44. The lowest BCUT2D eigenvalue weighted by atomic mass is 9.96. The lowest BCUT2D eigenvalue weighted by molar-refractivity contribution is 0.0625. The average Bonchev–Trinajstić information content (AvgIpc) is 2.59. The maximum Gasteiger partial charge on any atom is 0.193 e. The molecule has 1 aliphatic rings. The topological polar surface area (TPSA) is 40.1 Å². The van der Waals surface area contributed by atoms with Crippen LogP contribution in [0.2, 0.25) is 0 Å². The molecule has 0 radical (unpaired) electrons. The molecule has 1 aliphatic heterocycles. The summed E-state index contributed by atoms with van der Waals surface area (Å²) in [6.45, 7) is 5.20. The second-order valence-electron chi connectivity index (χ2n) is 7.31. The number of nitrogens with zero attached hydrogens (tertiary/aromatic N) is 3. The van der Waals surface area contributed by atoms with Crippen LogP contribution in [0, 0.1) is 5.92 Å². The van der Waals surface area contributed by atoms with Gasteiger partial charge in [-0.2, -0.15) is 0 Å². The predicted molar refractivity (Wildman–Crippen MR) is 119 cm³/mol. The summed E-state index contributed by atoms with van der Waals surface area (Å²) in [6.07, 6.45) is 10.2. The molecule has 0 bridgehead atoms. The average molecular weight is 468 g/mol. The Hall–Kier alpha value is -0.0800. The number of ether oxygens (including phenoxy) is 1. The highest BCUT2D eigenvalue weighted by atomic mass is 127. The molecule has 0 aromatic heterocycles. The standard InChI is InChI=1S/C19H40N4O.HI/c1-20-19(21-13-8-6-5-7-9-14-22(2)3)23(4)15-10-18-11-16-24-17-12-18;/h18H,5-17H2,1-4H3,(H,20,21);1H. The summed E-state index contributed by atoms with van der Waals surface area (Å²) in [5.41, 5.74) is 0. The molecule has 6 heteroatoms. The molecule has 1 fully saturated rings. The van der Waals surface area contributed by atoms with Crippen molar-refractivity contribution in [1.29, 1.82) is 0 Å². The van der Waals surface area contributed by atoms with Crippen molar-refractivity contribution in [2.45, 2.75) is 51.4 Å². The molecule has 150 valence electrons. The van der Waals surface area contributed by atoms with Gasteiger partial charge in [-0.05, 0) is 58.7 Å². The summed E-state index contributed by atoms with van der Waals surface area (Å²) in [4.78, 5) is 8.96. The fourth-order valence-corrected chi connectivity index (χ4v) is 3.19. The highest BCUT2D eigenvalue weighted by molar-refractivity contribution is 14.0. The van der Waals surface area contributed by atoms with E-state index in [4.69, 9.17) is 4.74 Å². The van der Waals surface area contributed by atoms with Crippen LogP contribution in [-0.2, 0) is 4.74 Å². The van der Waals surface area contributed by atoms with E-state index in [9.17, 15) is 0 Å². The third-order valence-electron chi connectivity index (χ3n) is 4.85. The molecule has 1 saturated heterocycles. The molecule has 0 aromatic carbocycles. The largest absolute Gasteiger partial charge is 0.381 e. The van der Waals surface area contributed by atoms with Gasteiger partial charge in [-0.3, -0.25) is 4.99 Å². The third-order valence-corrected chi connectivity index (χ3v) is 4.85. The first-order chi connectivity index (χ1) is 11.6. The van der Waals surface area contributed by atoms with Crippen molar-refractivity contribution in [2.24, 2.45) is 10.9 Å². The molecule has 0 aliphatic carbocycles. The number of rotatable bonds is 11. The van der Waals surface area contributed by atoms with Gasteiger partial charge in [0.15, 0.2) is 5.96 Å². The van der Waals surface area contributed by atoms with Crippen LogP contribution in [0.15, 0.2) is 4.99 Å². The number of aliphatic imine (C=N–C) groups is 1. The minimum Gasteiger partial charge on any atom is -0.381 e. The molecular weight excluding hydrogens is 427 g/mol. The van der Waals surface area contributed by atoms with E-state index in [1.165, 1.54) is 57.9 Å². The zero-order chi connectivity index (χ0) is 17.6. The van der Waals surface area contributed by atoms with E-state index in [2.05, 4.69) is 41.3 Å². The SMILES string of the molecule is CN=C(NCCCCCCCN(C)C)N(C)CCC1CCOCC1.I. The van der Waals surface area contributed by atoms with Gasteiger partial charge >= 0.3 is 0 Å². The van der Waals surface area contributed by atoms with Crippen molar-refractivity contribution in [3.63, 3.8) is 0 Å². The first-order valence-electron chi connectivity index (χ1n) is 9.77. The van der Waals surface area contributed by atoms with E-state index >= 15 is 0 Å². The molecular formula is C19H41IN4O. The van der Waals surface area contributed by atoms with Gasteiger partial charge < -0.3 is 19.9 Å². The summed E-state index contributed by atoms with van der Waals surface area (Å²) < 4.78 is 5.44. The minimum atomic E-state index is 0. The molecule has 1 rings (SSSR count). The van der Waals surface area contributed by atoms with Gasteiger partial charge in [0, 0.05) is 40.4 Å². The van der Waals surface area contributed by atoms with Crippen LogP contribution in [0.1, 0.15) is 51.4 Å². The molecule has 1 heterocycles. The van der Waals surface area contributed by atoms with Crippen molar-refractivity contribution >= 4 is 29.9 Å². The van der Waals surface area contributed by atoms with Gasteiger partial charge in [0.05, 0.1) is 0 Å². The Labute approximate surface area is 173 Å². The first-order valence-corrected chi connectivity index (χ1v) is 9.77. The molecule has 0 aromatic rings. The van der Waals surface area contributed by atoms with E-state index in [0.29, 0.717) is 0 Å². The molecule has 0 saturated carbocycles. The van der Waals surface area contributed by atoms with Gasteiger partial charge in [0.25, 0.3) is 0 Å². The summed E-state index contributed by atoms with van der Waals surface area (Å²) >= 11 is 0. The number of nitrogens with one attached hydrogen (secondary N) is 1. The van der Waals surface area contributed by atoms with E-state index in [-0.39, 0.29) is 24.0 Å². The van der Waals surface area contributed by atoms with Gasteiger partial charge in [0.2, 0.25) is 0 Å². The van der Waals surface area contributed by atoms with Crippen LogP contribution in [-0.4, -0.2) is 76.8 Å². The maximum absolute atomic E-state index is 5.44. The van der Waals surface area contributed by atoms with E-state index in [0.717, 1.165) is 38.2 Å². The Morgan fingerprint density at radius 3 is 2.28 bits per heavy atom.